The molecule has 0 heterocycles. The summed E-state index contributed by atoms with van der Waals surface area (Å²) in [5, 5.41) is 9.06. The fourth-order valence-corrected chi connectivity index (χ4v) is 1.24. The molecule has 0 aliphatic rings. The third-order valence-electron chi connectivity index (χ3n) is 1.94. The fraction of sp³-hybridized carbons (Fsp3) is 0.273. The smallest absolute Gasteiger partial charge is 0.0502 e. The largest absolute Gasteiger partial charge is 0.396 e. The number of benzene rings is 1. The summed E-state index contributed by atoms with van der Waals surface area (Å²) in [6.07, 6.45) is 2.68. The number of rotatable bonds is 4. The molecular formula is C11H14O. The molecule has 0 radical (unpaired) electrons. The van der Waals surface area contributed by atoms with Gasteiger partial charge in [0.2, 0.25) is 0 Å². The third kappa shape index (κ3) is 2.21. The Balaban J connectivity index is 2.72. The summed E-state index contributed by atoms with van der Waals surface area (Å²) in [7, 11) is 0. The van der Waals surface area contributed by atoms with Crippen molar-refractivity contribution in [2.24, 2.45) is 0 Å². The molecule has 1 atom stereocenters. The van der Waals surface area contributed by atoms with Crippen molar-refractivity contribution < 1.29 is 5.11 Å². The molecule has 1 aromatic rings. The molecule has 1 aromatic carbocycles. The Labute approximate surface area is 73.4 Å². The topological polar surface area (TPSA) is 20.2 Å². The molecule has 0 spiro atoms. The third-order valence-corrected chi connectivity index (χ3v) is 1.94. The maximum atomic E-state index is 9.06. The van der Waals surface area contributed by atoms with Crippen molar-refractivity contribution in [2.45, 2.75) is 12.3 Å². The Kier molecular flexibility index (Phi) is 3.55. The Morgan fingerprint density at radius 3 is 2.50 bits per heavy atom. The van der Waals surface area contributed by atoms with E-state index in [9.17, 15) is 0 Å². The second kappa shape index (κ2) is 4.73. The number of aliphatic hydroxyl groups is 1. The van der Waals surface area contributed by atoms with Gasteiger partial charge in [-0.05, 0) is 12.0 Å². The Hall–Kier alpha value is -1.08. The van der Waals surface area contributed by atoms with Gasteiger partial charge in [-0.3, -0.25) is 0 Å². The van der Waals surface area contributed by atoms with E-state index in [0.717, 1.165) is 6.42 Å². The molecule has 0 fully saturated rings. The molecule has 12 heavy (non-hydrogen) atoms. The van der Waals surface area contributed by atoms with Gasteiger partial charge in [-0.15, -0.1) is 6.58 Å². The van der Waals surface area contributed by atoms with Crippen molar-refractivity contribution in [1.82, 2.24) is 0 Å². The van der Waals surface area contributed by atoms with Gasteiger partial charge in [0, 0.05) is 5.92 Å². The summed E-state index contributed by atoms with van der Waals surface area (Å²) in [5.41, 5.74) is 1.18. The number of hydrogen-bond donors (Lipinski definition) is 1. The van der Waals surface area contributed by atoms with Gasteiger partial charge in [0.15, 0.2) is 0 Å². The van der Waals surface area contributed by atoms with E-state index in [4.69, 9.17) is 5.11 Å². The molecule has 0 bridgehead atoms. The lowest BCUT2D eigenvalue weighted by atomic mass is 9.97. The Morgan fingerprint density at radius 2 is 2.00 bits per heavy atom. The standard InChI is InChI=1S/C11H14O/c1-2-6-11(9-12)10-7-4-3-5-8-10/h2-5,7-8,11-12H,1,6,9H2/t11-/m0/s1. The lowest BCUT2D eigenvalue weighted by Gasteiger charge is -2.11. The zero-order chi connectivity index (χ0) is 8.81. The van der Waals surface area contributed by atoms with Crippen LogP contribution < -0.4 is 0 Å². The van der Waals surface area contributed by atoms with E-state index in [1.165, 1.54) is 5.56 Å². The van der Waals surface area contributed by atoms with Gasteiger partial charge in [0.25, 0.3) is 0 Å². The van der Waals surface area contributed by atoms with Crippen LogP contribution in [-0.2, 0) is 0 Å². The van der Waals surface area contributed by atoms with Crippen LogP contribution in [0.1, 0.15) is 17.9 Å². The van der Waals surface area contributed by atoms with Crippen LogP contribution in [0.2, 0.25) is 0 Å². The zero-order valence-corrected chi connectivity index (χ0v) is 7.11. The molecule has 1 rings (SSSR count). The van der Waals surface area contributed by atoms with Crippen molar-refractivity contribution >= 4 is 0 Å². The Bertz CT molecular complexity index is 228. The maximum absolute atomic E-state index is 9.06. The summed E-state index contributed by atoms with van der Waals surface area (Å²) in [6, 6.07) is 10.0. The summed E-state index contributed by atoms with van der Waals surface area (Å²) in [6.45, 7) is 3.85. The van der Waals surface area contributed by atoms with Gasteiger partial charge in [-0.25, -0.2) is 0 Å². The molecule has 0 unspecified atom stereocenters. The van der Waals surface area contributed by atoms with E-state index in [0.29, 0.717) is 0 Å². The second-order valence-corrected chi connectivity index (χ2v) is 2.81. The fourth-order valence-electron chi connectivity index (χ4n) is 1.24. The molecule has 1 nitrogen and oxygen atoms in total. The van der Waals surface area contributed by atoms with Crippen molar-refractivity contribution in [2.75, 3.05) is 6.61 Å². The lowest BCUT2D eigenvalue weighted by molar-refractivity contribution is 0.266. The van der Waals surface area contributed by atoms with E-state index < -0.39 is 0 Å². The van der Waals surface area contributed by atoms with Crippen LogP contribution >= 0.6 is 0 Å². The molecule has 64 valence electrons. The average molecular weight is 162 g/mol. The van der Waals surface area contributed by atoms with Crippen molar-refractivity contribution in [1.29, 1.82) is 0 Å². The van der Waals surface area contributed by atoms with Gasteiger partial charge < -0.3 is 5.11 Å². The lowest BCUT2D eigenvalue weighted by Crippen LogP contribution is -2.02. The average Bonchev–Trinajstić information content (AvgIpc) is 2.15. The first-order valence-corrected chi connectivity index (χ1v) is 4.15. The van der Waals surface area contributed by atoms with E-state index >= 15 is 0 Å². The molecular weight excluding hydrogens is 148 g/mol. The zero-order valence-electron chi connectivity index (χ0n) is 7.11. The highest BCUT2D eigenvalue weighted by Crippen LogP contribution is 2.18. The molecule has 1 heteroatoms. The van der Waals surface area contributed by atoms with Gasteiger partial charge in [-0.2, -0.15) is 0 Å². The van der Waals surface area contributed by atoms with E-state index in [2.05, 4.69) is 6.58 Å². The normalized spacial score (nSPS) is 12.4. The first-order valence-electron chi connectivity index (χ1n) is 4.15. The quantitative estimate of drug-likeness (QED) is 0.674. The van der Waals surface area contributed by atoms with Crippen molar-refractivity contribution in [3.63, 3.8) is 0 Å². The molecule has 0 saturated carbocycles. The van der Waals surface area contributed by atoms with Crippen LogP contribution in [0, 0.1) is 0 Å². The second-order valence-electron chi connectivity index (χ2n) is 2.81. The number of allylic oxidation sites excluding steroid dienone is 1. The van der Waals surface area contributed by atoms with Crippen LogP contribution in [0.25, 0.3) is 0 Å². The van der Waals surface area contributed by atoms with Crippen molar-refractivity contribution in [3.05, 3.63) is 48.6 Å². The van der Waals surface area contributed by atoms with Gasteiger partial charge >= 0.3 is 0 Å². The summed E-state index contributed by atoms with van der Waals surface area (Å²) < 4.78 is 0. The highest BCUT2D eigenvalue weighted by atomic mass is 16.3. The van der Waals surface area contributed by atoms with Crippen LogP contribution in [0.4, 0.5) is 0 Å². The molecule has 0 aliphatic carbocycles. The van der Waals surface area contributed by atoms with Crippen molar-refractivity contribution in [3.8, 4) is 0 Å². The summed E-state index contributed by atoms with van der Waals surface area (Å²) in [5.74, 6) is 0.212. The van der Waals surface area contributed by atoms with Gasteiger partial charge in [0.05, 0.1) is 6.61 Å². The first kappa shape index (κ1) is 9.01. The predicted molar refractivity (Wildman–Crippen MR) is 51.1 cm³/mol. The summed E-state index contributed by atoms with van der Waals surface area (Å²) >= 11 is 0. The maximum Gasteiger partial charge on any atom is 0.0502 e. The van der Waals surface area contributed by atoms with Crippen LogP contribution in [0.15, 0.2) is 43.0 Å². The van der Waals surface area contributed by atoms with E-state index in [1.54, 1.807) is 0 Å². The Morgan fingerprint density at radius 1 is 1.33 bits per heavy atom. The SMILES string of the molecule is C=CC[C@@H](CO)c1ccccc1. The monoisotopic (exact) mass is 162 g/mol. The number of hydrogen-bond acceptors (Lipinski definition) is 1. The number of aliphatic hydroxyl groups excluding tert-OH is 1. The predicted octanol–water partition coefficient (Wildman–Crippen LogP) is 2.34. The van der Waals surface area contributed by atoms with Crippen LogP contribution in [0.5, 0.6) is 0 Å². The van der Waals surface area contributed by atoms with Crippen LogP contribution in [0.3, 0.4) is 0 Å². The van der Waals surface area contributed by atoms with E-state index in [-0.39, 0.29) is 12.5 Å². The van der Waals surface area contributed by atoms with Crippen LogP contribution in [-0.4, -0.2) is 11.7 Å². The molecule has 0 amide bonds. The van der Waals surface area contributed by atoms with E-state index in [1.807, 2.05) is 36.4 Å². The molecule has 0 aromatic heterocycles. The van der Waals surface area contributed by atoms with Gasteiger partial charge in [0.1, 0.15) is 0 Å². The highest BCUT2D eigenvalue weighted by molar-refractivity contribution is 5.20. The minimum Gasteiger partial charge on any atom is -0.396 e. The minimum absolute atomic E-state index is 0.191. The molecule has 0 saturated heterocycles. The summed E-state index contributed by atoms with van der Waals surface area (Å²) in [4.78, 5) is 0. The first-order chi connectivity index (χ1) is 5.88. The highest BCUT2D eigenvalue weighted by Gasteiger charge is 2.06. The minimum atomic E-state index is 0.191. The molecule has 0 aliphatic heterocycles. The van der Waals surface area contributed by atoms with Gasteiger partial charge in [-0.1, -0.05) is 36.4 Å². The molecule has 1 N–H and O–H groups in total.